The van der Waals surface area contributed by atoms with Crippen LogP contribution in [0.5, 0.6) is 0 Å². The maximum Gasteiger partial charge on any atom is 0.338 e. The molecule has 122 valence electrons. The molecule has 5 heteroatoms. The molecule has 2 aromatic rings. The smallest absolute Gasteiger partial charge is 0.338 e. The highest BCUT2D eigenvalue weighted by Crippen LogP contribution is 2.37. The van der Waals surface area contributed by atoms with Gasteiger partial charge in [0.1, 0.15) is 11.6 Å². The third-order valence-electron chi connectivity index (χ3n) is 5.10. The maximum atomic E-state index is 13.7. The minimum atomic E-state index is -0.996. The van der Waals surface area contributed by atoms with Crippen molar-refractivity contribution < 1.29 is 19.1 Å². The average molecular weight is 317 g/mol. The van der Waals surface area contributed by atoms with Crippen LogP contribution in [0.4, 0.5) is 4.39 Å². The summed E-state index contributed by atoms with van der Waals surface area (Å²) in [6.45, 7) is 3.80. The first-order valence-electron chi connectivity index (χ1n) is 7.95. The van der Waals surface area contributed by atoms with E-state index in [0.717, 1.165) is 12.8 Å². The Morgan fingerprint density at radius 3 is 2.61 bits per heavy atom. The van der Waals surface area contributed by atoms with Crippen LogP contribution in [0.3, 0.4) is 0 Å². The van der Waals surface area contributed by atoms with Crippen LogP contribution in [-0.4, -0.2) is 21.4 Å². The highest BCUT2D eigenvalue weighted by atomic mass is 19.1. The molecule has 0 amide bonds. The second-order valence-electron chi connectivity index (χ2n) is 6.41. The Balaban J connectivity index is 2.12. The van der Waals surface area contributed by atoms with Crippen molar-refractivity contribution in [3.05, 3.63) is 35.3 Å². The predicted molar refractivity (Wildman–Crippen MR) is 85.3 cm³/mol. The van der Waals surface area contributed by atoms with Gasteiger partial charge >= 0.3 is 5.97 Å². The molecule has 0 saturated heterocycles. The molecule has 0 radical (unpaired) electrons. The molecule has 23 heavy (non-hydrogen) atoms. The lowest BCUT2D eigenvalue weighted by atomic mass is 9.83. The van der Waals surface area contributed by atoms with Gasteiger partial charge in [-0.25, -0.2) is 9.18 Å². The number of carboxylic acid groups (broad SMARTS) is 1. The lowest BCUT2D eigenvalue weighted by Gasteiger charge is -2.30. The van der Waals surface area contributed by atoms with E-state index in [4.69, 9.17) is 0 Å². The molecule has 0 spiro atoms. The Bertz CT molecular complexity index is 783. The van der Waals surface area contributed by atoms with Gasteiger partial charge in [0.2, 0.25) is 0 Å². The van der Waals surface area contributed by atoms with E-state index < -0.39 is 5.97 Å². The number of benzene rings is 1. The highest BCUT2D eigenvalue weighted by Gasteiger charge is 2.29. The van der Waals surface area contributed by atoms with E-state index in [2.05, 4.69) is 0 Å². The number of hydrogen-bond donors (Lipinski definition) is 1. The van der Waals surface area contributed by atoms with E-state index in [1.165, 1.54) is 18.2 Å². The molecule has 1 heterocycles. The number of hydrogen-bond acceptors (Lipinski definition) is 2. The molecule has 4 nitrogen and oxygen atoms in total. The maximum absolute atomic E-state index is 13.7. The number of carbonyl (C=O) groups excluding carboxylic acids is 1. The summed E-state index contributed by atoms with van der Waals surface area (Å²) in [5.41, 5.74) is 1.49. The number of ketones is 1. The van der Waals surface area contributed by atoms with E-state index in [1.54, 1.807) is 6.92 Å². The quantitative estimate of drug-likeness (QED) is 0.927. The van der Waals surface area contributed by atoms with Gasteiger partial charge in [0, 0.05) is 30.0 Å². The van der Waals surface area contributed by atoms with Crippen LogP contribution in [0.1, 0.15) is 54.7 Å². The fourth-order valence-corrected chi connectivity index (χ4v) is 3.86. The average Bonchev–Trinajstić information content (AvgIpc) is 2.78. The summed E-state index contributed by atoms with van der Waals surface area (Å²) in [4.78, 5) is 23.1. The SMILES string of the molecule is Cc1c(C(=O)O)c2ccc(F)cc2n1C(C)C1CCC(=O)CC1. The molecule has 1 saturated carbocycles. The number of aromatic carboxylic acids is 1. The Morgan fingerprint density at radius 2 is 2.00 bits per heavy atom. The number of aromatic nitrogens is 1. The summed E-state index contributed by atoms with van der Waals surface area (Å²) in [7, 11) is 0. The van der Waals surface area contributed by atoms with Crippen LogP contribution in [0, 0.1) is 18.7 Å². The van der Waals surface area contributed by atoms with Crippen LogP contribution >= 0.6 is 0 Å². The number of fused-ring (bicyclic) bond motifs is 1. The van der Waals surface area contributed by atoms with E-state index in [9.17, 15) is 19.1 Å². The lowest BCUT2D eigenvalue weighted by Crippen LogP contribution is -2.23. The van der Waals surface area contributed by atoms with Crippen molar-refractivity contribution >= 4 is 22.7 Å². The van der Waals surface area contributed by atoms with Gasteiger partial charge in [0.05, 0.1) is 11.1 Å². The minimum absolute atomic E-state index is 0.0282. The van der Waals surface area contributed by atoms with Gasteiger partial charge in [-0.1, -0.05) is 0 Å². The van der Waals surface area contributed by atoms with Crippen LogP contribution < -0.4 is 0 Å². The number of carbonyl (C=O) groups is 2. The summed E-state index contributed by atoms with van der Waals surface area (Å²) in [5.74, 6) is -0.783. The molecule has 1 aliphatic carbocycles. The number of nitrogens with zero attached hydrogens (tertiary/aromatic N) is 1. The van der Waals surface area contributed by atoms with E-state index in [-0.39, 0.29) is 17.4 Å². The zero-order chi connectivity index (χ0) is 16.7. The third-order valence-corrected chi connectivity index (χ3v) is 5.10. The van der Waals surface area contributed by atoms with Crippen molar-refractivity contribution in [1.82, 2.24) is 4.57 Å². The zero-order valence-corrected chi connectivity index (χ0v) is 13.3. The van der Waals surface area contributed by atoms with Crippen molar-refractivity contribution in [2.75, 3.05) is 0 Å². The molecule has 0 aliphatic heterocycles. The predicted octanol–water partition coefficient (Wildman–Crippen LogP) is 4.11. The molecule has 3 rings (SSSR count). The molecular formula is C18H20FNO3. The van der Waals surface area contributed by atoms with E-state index in [1.807, 2.05) is 11.5 Å². The van der Waals surface area contributed by atoms with E-state index in [0.29, 0.717) is 41.1 Å². The van der Waals surface area contributed by atoms with Gasteiger partial charge in [-0.3, -0.25) is 4.79 Å². The molecule has 1 unspecified atom stereocenters. The zero-order valence-electron chi connectivity index (χ0n) is 13.3. The second kappa shape index (κ2) is 5.80. The fourth-order valence-electron chi connectivity index (χ4n) is 3.86. The van der Waals surface area contributed by atoms with Gasteiger partial charge in [-0.15, -0.1) is 0 Å². The van der Waals surface area contributed by atoms with Gasteiger partial charge < -0.3 is 9.67 Å². The number of carboxylic acids is 1. The van der Waals surface area contributed by atoms with Crippen LogP contribution in [0.25, 0.3) is 10.9 Å². The second-order valence-corrected chi connectivity index (χ2v) is 6.41. The van der Waals surface area contributed by atoms with Crippen LogP contribution in [-0.2, 0) is 4.79 Å². The van der Waals surface area contributed by atoms with Crippen molar-refractivity contribution in [3.8, 4) is 0 Å². The normalized spacial score (nSPS) is 17.6. The van der Waals surface area contributed by atoms with Crippen molar-refractivity contribution in [2.45, 2.75) is 45.6 Å². The summed E-state index contributed by atoms with van der Waals surface area (Å²) in [6.07, 6.45) is 2.76. The topological polar surface area (TPSA) is 59.3 Å². The number of halogens is 1. The van der Waals surface area contributed by atoms with Crippen molar-refractivity contribution in [2.24, 2.45) is 5.92 Å². The summed E-state index contributed by atoms with van der Waals surface area (Å²) in [6, 6.07) is 4.26. The largest absolute Gasteiger partial charge is 0.478 e. The van der Waals surface area contributed by atoms with Gasteiger partial charge in [0.15, 0.2) is 0 Å². The lowest BCUT2D eigenvalue weighted by molar-refractivity contribution is -0.121. The van der Waals surface area contributed by atoms with Gasteiger partial charge in [0.25, 0.3) is 0 Å². The number of rotatable bonds is 3. The molecular weight excluding hydrogens is 297 g/mol. The Hall–Kier alpha value is -2.17. The van der Waals surface area contributed by atoms with Crippen LogP contribution in [0.15, 0.2) is 18.2 Å². The summed E-state index contributed by atoms with van der Waals surface area (Å²) in [5, 5.41) is 10.1. The van der Waals surface area contributed by atoms with Crippen molar-refractivity contribution in [3.63, 3.8) is 0 Å². The molecule has 1 aliphatic rings. The monoisotopic (exact) mass is 317 g/mol. The first kappa shape index (κ1) is 15.7. The van der Waals surface area contributed by atoms with Crippen LogP contribution in [0.2, 0.25) is 0 Å². The molecule has 1 fully saturated rings. The molecule has 1 atom stereocenters. The first-order valence-corrected chi connectivity index (χ1v) is 7.95. The molecule has 1 aromatic carbocycles. The number of Topliss-reactive ketones (excluding diaryl/α,β-unsaturated/α-hetero) is 1. The fraction of sp³-hybridized carbons (Fsp3) is 0.444. The highest BCUT2D eigenvalue weighted by molar-refractivity contribution is 6.05. The Labute approximate surface area is 133 Å². The minimum Gasteiger partial charge on any atom is -0.478 e. The molecule has 1 N–H and O–H groups in total. The molecule has 1 aromatic heterocycles. The van der Waals surface area contributed by atoms with Gasteiger partial charge in [-0.05, 0) is 50.8 Å². The molecule has 0 bridgehead atoms. The first-order chi connectivity index (χ1) is 10.9. The Kier molecular flexibility index (Phi) is 3.96. The van der Waals surface area contributed by atoms with Gasteiger partial charge in [-0.2, -0.15) is 0 Å². The summed E-state index contributed by atoms with van der Waals surface area (Å²) < 4.78 is 15.6. The van der Waals surface area contributed by atoms with E-state index >= 15 is 0 Å². The summed E-state index contributed by atoms with van der Waals surface area (Å²) >= 11 is 0. The standard InChI is InChI=1S/C18H20FNO3/c1-10(12-3-6-14(21)7-4-12)20-11(2)17(18(22)23)15-8-5-13(19)9-16(15)20/h5,8-10,12H,3-4,6-7H2,1-2H3,(H,22,23). The third kappa shape index (κ3) is 2.64. The van der Waals surface area contributed by atoms with Crippen molar-refractivity contribution in [1.29, 1.82) is 0 Å². The Morgan fingerprint density at radius 1 is 1.35 bits per heavy atom.